The van der Waals surface area contributed by atoms with Crippen LogP contribution in [0.5, 0.6) is 0 Å². The Morgan fingerprint density at radius 1 is 1.17 bits per heavy atom. The molecule has 156 valence electrons. The number of hydrogen-bond donors (Lipinski definition) is 3. The highest BCUT2D eigenvalue weighted by molar-refractivity contribution is 6.00. The Hall–Kier alpha value is -3.42. The first kappa shape index (κ1) is 19.9. The van der Waals surface area contributed by atoms with Gasteiger partial charge in [-0.3, -0.25) is 14.6 Å². The van der Waals surface area contributed by atoms with Gasteiger partial charge in [0.2, 0.25) is 5.91 Å². The number of hydrogen-bond acceptors (Lipinski definition) is 5. The monoisotopic (exact) mass is 406 g/mol. The number of fused-ring (bicyclic) bond motifs is 1. The van der Waals surface area contributed by atoms with Gasteiger partial charge >= 0.3 is 0 Å². The number of rotatable bonds is 7. The van der Waals surface area contributed by atoms with Gasteiger partial charge in [-0.2, -0.15) is 5.10 Å². The fraction of sp³-hybridized carbons (Fsp3) is 0.364. The van der Waals surface area contributed by atoms with Gasteiger partial charge in [-0.25, -0.2) is 4.52 Å². The number of nitrogens with one attached hydrogen (secondary N) is 3. The van der Waals surface area contributed by atoms with E-state index in [2.05, 4.69) is 39.9 Å². The summed E-state index contributed by atoms with van der Waals surface area (Å²) in [6.07, 6.45) is 7.69. The van der Waals surface area contributed by atoms with Gasteiger partial charge in [-0.05, 0) is 48.1 Å². The lowest BCUT2D eigenvalue weighted by atomic mass is 9.58. The Morgan fingerprint density at radius 3 is 2.73 bits per heavy atom. The molecule has 0 aromatic carbocycles. The van der Waals surface area contributed by atoms with E-state index in [0.717, 1.165) is 17.6 Å². The summed E-state index contributed by atoms with van der Waals surface area (Å²) < 4.78 is 1.69. The summed E-state index contributed by atoms with van der Waals surface area (Å²) >= 11 is 0. The van der Waals surface area contributed by atoms with Gasteiger partial charge < -0.3 is 16.0 Å². The molecule has 8 heteroatoms. The van der Waals surface area contributed by atoms with Crippen LogP contribution in [0.3, 0.4) is 0 Å². The van der Waals surface area contributed by atoms with E-state index in [1.807, 2.05) is 36.5 Å². The Balaban J connectivity index is 1.27. The maximum absolute atomic E-state index is 12.8. The highest BCUT2D eigenvalue weighted by Crippen LogP contribution is 2.45. The molecule has 2 unspecified atom stereocenters. The van der Waals surface area contributed by atoms with E-state index in [9.17, 15) is 9.59 Å². The SMILES string of the molecule is CC1(C)C(CNC(=O)CNc2ccncc2)CC1NC(=O)c1cccn2nccc12. The average molecular weight is 406 g/mol. The number of aromatic nitrogens is 3. The third kappa shape index (κ3) is 3.98. The molecule has 8 nitrogen and oxygen atoms in total. The lowest BCUT2D eigenvalue weighted by Gasteiger charge is -2.52. The molecular weight excluding hydrogens is 380 g/mol. The van der Waals surface area contributed by atoms with Crippen LogP contribution in [-0.2, 0) is 4.79 Å². The van der Waals surface area contributed by atoms with Gasteiger partial charge in [0.25, 0.3) is 5.91 Å². The van der Waals surface area contributed by atoms with Crippen LogP contribution in [0.2, 0.25) is 0 Å². The molecule has 0 saturated heterocycles. The zero-order valence-electron chi connectivity index (χ0n) is 17.1. The molecule has 1 aliphatic rings. The number of carbonyl (C=O) groups excluding carboxylic acids is 2. The quantitative estimate of drug-likeness (QED) is 0.558. The Morgan fingerprint density at radius 2 is 1.97 bits per heavy atom. The van der Waals surface area contributed by atoms with Crippen LogP contribution in [0.15, 0.2) is 55.1 Å². The minimum atomic E-state index is -0.104. The molecule has 2 atom stereocenters. The molecule has 1 fully saturated rings. The van der Waals surface area contributed by atoms with E-state index >= 15 is 0 Å². The summed E-state index contributed by atoms with van der Waals surface area (Å²) in [6.45, 7) is 5.07. The van der Waals surface area contributed by atoms with Crippen LogP contribution in [0.1, 0.15) is 30.6 Å². The first-order chi connectivity index (χ1) is 14.4. The van der Waals surface area contributed by atoms with Crippen molar-refractivity contribution in [2.75, 3.05) is 18.4 Å². The summed E-state index contributed by atoms with van der Waals surface area (Å²) in [6, 6.07) is 9.16. The summed E-state index contributed by atoms with van der Waals surface area (Å²) in [5.41, 5.74) is 2.16. The van der Waals surface area contributed by atoms with Crippen molar-refractivity contribution in [3.8, 4) is 0 Å². The van der Waals surface area contributed by atoms with Crippen molar-refractivity contribution in [3.63, 3.8) is 0 Å². The lowest BCUT2D eigenvalue weighted by Crippen LogP contribution is -2.60. The van der Waals surface area contributed by atoms with Crippen molar-refractivity contribution in [2.24, 2.45) is 11.3 Å². The number of nitrogens with zero attached hydrogens (tertiary/aromatic N) is 3. The number of pyridine rings is 2. The standard InChI is InChI=1S/C22H26N6O2/c1-22(2)15(13-25-20(29)14-24-16-5-8-23-9-6-16)12-19(22)27-21(30)17-4-3-11-28-18(17)7-10-26-28/h3-11,15,19H,12-14H2,1-2H3,(H,23,24)(H,25,29)(H,27,30). The first-order valence-corrected chi connectivity index (χ1v) is 10.1. The van der Waals surface area contributed by atoms with Crippen LogP contribution in [0.25, 0.3) is 5.52 Å². The van der Waals surface area contributed by atoms with E-state index in [1.165, 1.54) is 0 Å². The van der Waals surface area contributed by atoms with E-state index in [0.29, 0.717) is 18.0 Å². The van der Waals surface area contributed by atoms with Crippen molar-refractivity contribution in [1.29, 1.82) is 0 Å². The second-order valence-corrected chi connectivity index (χ2v) is 8.26. The van der Waals surface area contributed by atoms with Crippen molar-refractivity contribution in [3.05, 3.63) is 60.7 Å². The Labute approximate surface area is 175 Å². The Bertz CT molecular complexity index is 1050. The summed E-state index contributed by atoms with van der Waals surface area (Å²) in [5, 5.41) is 13.4. The van der Waals surface area contributed by atoms with E-state index in [-0.39, 0.29) is 29.8 Å². The van der Waals surface area contributed by atoms with Crippen LogP contribution in [0.4, 0.5) is 5.69 Å². The van der Waals surface area contributed by atoms with Gasteiger partial charge in [0.1, 0.15) is 0 Å². The van der Waals surface area contributed by atoms with E-state index < -0.39 is 0 Å². The van der Waals surface area contributed by atoms with Crippen molar-refractivity contribution in [1.82, 2.24) is 25.2 Å². The predicted octanol–water partition coefficient (Wildman–Crippen LogP) is 2.10. The minimum Gasteiger partial charge on any atom is -0.376 e. The molecule has 30 heavy (non-hydrogen) atoms. The fourth-order valence-corrected chi connectivity index (χ4v) is 3.94. The zero-order chi connectivity index (χ0) is 21.1. The number of anilines is 1. The molecule has 0 radical (unpaired) electrons. The lowest BCUT2D eigenvalue weighted by molar-refractivity contribution is -0.120. The summed E-state index contributed by atoms with van der Waals surface area (Å²) in [5.74, 6) is 0.157. The van der Waals surface area contributed by atoms with Crippen LogP contribution in [0, 0.1) is 11.3 Å². The Kier molecular flexibility index (Phi) is 5.39. The molecule has 0 bridgehead atoms. The highest BCUT2D eigenvalue weighted by Gasteiger charge is 2.48. The summed E-state index contributed by atoms with van der Waals surface area (Å²) in [4.78, 5) is 28.9. The second kappa shape index (κ2) is 8.14. The van der Waals surface area contributed by atoms with E-state index in [1.54, 1.807) is 23.1 Å². The van der Waals surface area contributed by atoms with Crippen LogP contribution in [-0.4, -0.2) is 45.5 Å². The van der Waals surface area contributed by atoms with Crippen molar-refractivity contribution < 1.29 is 9.59 Å². The molecule has 0 spiro atoms. The maximum Gasteiger partial charge on any atom is 0.253 e. The number of carbonyl (C=O) groups is 2. The molecule has 1 aliphatic carbocycles. The molecule has 0 aliphatic heterocycles. The third-order valence-electron chi connectivity index (χ3n) is 6.14. The van der Waals surface area contributed by atoms with Crippen LogP contribution < -0.4 is 16.0 Å². The van der Waals surface area contributed by atoms with Crippen molar-refractivity contribution in [2.45, 2.75) is 26.3 Å². The second-order valence-electron chi connectivity index (χ2n) is 8.26. The summed E-state index contributed by atoms with van der Waals surface area (Å²) in [7, 11) is 0. The maximum atomic E-state index is 12.8. The zero-order valence-corrected chi connectivity index (χ0v) is 17.1. The molecule has 3 aromatic heterocycles. The topological polar surface area (TPSA) is 100 Å². The molecule has 2 amide bonds. The van der Waals surface area contributed by atoms with Gasteiger partial charge in [0.05, 0.1) is 23.8 Å². The van der Waals surface area contributed by atoms with Crippen LogP contribution >= 0.6 is 0 Å². The molecule has 3 N–H and O–H groups in total. The van der Waals surface area contributed by atoms with Gasteiger partial charge in [0, 0.05) is 36.9 Å². The molecular formula is C22H26N6O2. The number of amides is 2. The predicted molar refractivity (Wildman–Crippen MR) is 114 cm³/mol. The third-order valence-corrected chi connectivity index (χ3v) is 6.14. The van der Waals surface area contributed by atoms with Gasteiger partial charge in [-0.15, -0.1) is 0 Å². The fourth-order valence-electron chi connectivity index (χ4n) is 3.94. The minimum absolute atomic E-state index is 0.0532. The van der Waals surface area contributed by atoms with E-state index in [4.69, 9.17) is 0 Å². The average Bonchev–Trinajstić information content (AvgIpc) is 3.23. The normalized spacial score (nSPS) is 19.7. The smallest absolute Gasteiger partial charge is 0.253 e. The highest BCUT2D eigenvalue weighted by atomic mass is 16.2. The largest absolute Gasteiger partial charge is 0.376 e. The van der Waals surface area contributed by atoms with Gasteiger partial charge in [-0.1, -0.05) is 13.8 Å². The molecule has 3 aromatic rings. The molecule has 4 rings (SSSR count). The molecule has 1 saturated carbocycles. The van der Waals surface area contributed by atoms with Gasteiger partial charge in [0.15, 0.2) is 0 Å². The first-order valence-electron chi connectivity index (χ1n) is 10.1. The van der Waals surface area contributed by atoms with Crippen molar-refractivity contribution >= 4 is 23.0 Å². The molecule has 3 heterocycles.